The molecule has 8 nitrogen and oxygen atoms in total. The largest absolute Gasteiger partial charge is 0.386 e. The van der Waals surface area contributed by atoms with Gasteiger partial charge in [0.2, 0.25) is 0 Å². The van der Waals surface area contributed by atoms with Crippen molar-refractivity contribution in [3.8, 4) is 5.82 Å². The molecule has 2 N–H and O–H groups in total. The third-order valence-electron chi connectivity index (χ3n) is 3.46. The predicted molar refractivity (Wildman–Crippen MR) is 85.3 cm³/mol. The van der Waals surface area contributed by atoms with Gasteiger partial charge >= 0.3 is 0 Å². The molecule has 0 fully saturated rings. The highest BCUT2D eigenvalue weighted by molar-refractivity contribution is 5.37. The number of aliphatic hydroxyl groups excluding tert-OH is 1. The Morgan fingerprint density at radius 2 is 2.09 bits per heavy atom. The first-order chi connectivity index (χ1) is 11.0. The Labute approximate surface area is 133 Å². The molecule has 1 atom stereocenters. The third kappa shape index (κ3) is 3.37. The van der Waals surface area contributed by atoms with Gasteiger partial charge in [0, 0.05) is 31.0 Å². The van der Waals surface area contributed by atoms with Crippen LogP contribution in [-0.4, -0.2) is 41.4 Å². The van der Waals surface area contributed by atoms with Gasteiger partial charge in [-0.25, -0.2) is 4.68 Å². The highest BCUT2D eigenvalue weighted by Crippen LogP contribution is 2.14. The fraction of sp³-hybridized carbons (Fsp3) is 0.333. The Morgan fingerprint density at radius 1 is 1.26 bits per heavy atom. The van der Waals surface area contributed by atoms with E-state index in [2.05, 4.69) is 25.7 Å². The first kappa shape index (κ1) is 15.2. The van der Waals surface area contributed by atoms with Gasteiger partial charge in [-0.1, -0.05) is 0 Å². The molecule has 0 bridgehead atoms. The van der Waals surface area contributed by atoms with E-state index >= 15 is 0 Å². The minimum atomic E-state index is -0.652. The molecule has 0 aromatic carbocycles. The summed E-state index contributed by atoms with van der Waals surface area (Å²) >= 11 is 0. The summed E-state index contributed by atoms with van der Waals surface area (Å²) in [5.74, 6) is 1.26. The summed E-state index contributed by atoms with van der Waals surface area (Å²) in [6, 6.07) is 5.64. The fourth-order valence-electron chi connectivity index (χ4n) is 2.32. The van der Waals surface area contributed by atoms with Crippen LogP contribution >= 0.6 is 0 Å². The van der Waals surface area contributed by atoms with Crippen LogP contribution in [0.4, 0.5) is 5.82 Å². The maximum absolute atomic E-state index is 10.1. The van der Waals surface area contributed by atoms with E-state index < -0.39 is 6.10 Å². The van der Waals surface area contributed by atoms with Crippen LogP contribution in [0.15, 0.2) is 30.6 Å². The van der Waals surface area contributed by atoms with E-state index in [9.17, 15) is 5.11 Å². The predicted octanol–water partition coefficient (Wildman–Crippen LogP) is 1.16. The van der Waals surface area contributed by atoms with Crippen LogP contribution in [0, 0.1) is 13.8 Å². The van der Waals surface area contributed by atoms with Crippen LogP contribution in [0.1, 0.15) is 23.1 Å². The van der Waals surface area contributed by atoms with Gasteiger partial charge in [0.05, 0.1) is 18.0 Å². The maximum Gasteiger partial charge on any atom is 0.176 e. The van der Waals surface area contributed by atoms with Crippen LogP contribution in [0.25, 0.3) is 5.82 Å². The minimum Gasteiger partial charge on any atom is -0.386 e. The lowest BCUT2D eigenvalue weighted by Gasteiger charge is -2.10. The summed E-state index contributed by atoms with van der Waals surface area (Å²) in [5, 5.41) is 29.8. The molecular weight excluding hydrogens is 294 g/mol. The number of hydrogen-bond acceptors (Lipinski definition) is 6. The topological polar surface area (TPSA) is 93.7 Å². The molecule has 3 rings (SSSR count). The Balaban J connectivity index is 1.65. The fourth-order valence-corrected chi connectivity index (χ4v) is 2.32. The van der Waals surface area contributed by atoms with Gasteiger partial charge in [0.25, 0.3) is 0 Å². The molecule has 3 heterocycles. The van der Waals surface area contributed by atoms with Crippen LogP contribution in [-0.2, 0) is 7.05 Å². The summed E-state index contributed by atoms with van der Waals surface area (Å²) in [7, 11) is 1.81. The zero-order valence-corrected chi connectivity index (χ0v) is 13.3. The zero-order chi connectivity index (χ0) is 16.4. The molecule has 0 amide bonds. The van der Waals surface area contributed by atoms with Gasteiger partial charge in [-0.3, -0.25) is 4.68 Å². The van der Waals surface area contributed by atoms with Gasteiger partial charge in [-0.15, -0.1) is 10.2 Å². The lowest BCUT2D eigenvalue weighted by atomic mass is 10.2. The SMILES string of the molecule is Cc1cc(C)n(-c2ccc(NCC(O)c3cnn(C)c3)nn2)n1. The van der Waals surface area contributed by atoms with Crippen molar-refractivity contribution in [2.24, 2.45) is 7.05 Å². The average Bonchev–Trinajstić information content (AvgIpc) is 3.11. The van der Waals surface area contributed by atoms with Crippen LogP contribution in [0.3, 0.4) is 0 Å². The van der Waals surface area contributed by atoms with Crippen molar-refractivity contribution in [2.45, 2.75) is 20.0 Å². The first-order valence-electron chi connectivity index (χ1n) is 7.31. The molecule has 0 saturated carbocycles. The van der Waals surface area contributed by atoms with Gasteiger partial charge in [0.1, 0.15) is 5.82 Å². The molecular formula is C15H19N7O. The van der Waals surface area contributed by atoms with E-state index in [-0.39, 0.29) is 0 Å². The summed E-state index contributed by atoms with van der Waals surface area (Å²) in [6.07, 6.45) is 2.77. The molecule has 0 spiro atoms. The molecule has 3 aromatic rings. The number of nitrogens with one attached hydrogen (secondary N) is 1. The van der Waals surface area contributed by atoms with Crippen molar-refractivity contribution in [3.05, 3.63) is 47.5 Å². The average molecular weight is 313 g/mol. The Hall–Kier alpha value is -2.74. The van der Waals surface area contributed by atoms with Crippen LogP contribution in [0.2, 0.25) is 0 Å². The van der Waals surface area contributed by atoms with Gasteiger partial charge < -0.3 is 10.4 Å². The van der Waals surface area contributed by atoms with E-state index in [1.165, 1.54) is 0 Å². The van der Waals surface area contributed by atoms with E-state index in [0.717, 1.165) is 17.0 Å². The number of aromatic nitrogens is 6. The quantitative estimate of drug-likeness (QED) is 0.734. The summed E-state index contributed by atoms with van der Waals surface area (Å²) in [5.41, 5.74) is 2.70. The lowest BCUT2D eigenvalue weighted by Crippen LogP contribution is -2.13. The van der Waals surface area contributed by atoms with Gasteiger partial charge in [-0.2, -0.15) is 10.2 Å². The standard InChI is InChI=1S/C15H19N7O/c1-10-6-11(2)22(20-10)15-5-4-14(18-19-15)16-8-13(23)12-7-17-21(3)9-12/h4-7,9,13,23H,8H2,1-3H3,(H,16,18). The second-order valence-electron chi connectivity index (χ2n) is 5.46. The second kappa shape index (κ2) is 6.17. The number of aliphatic hydroxyl groups is 1. The van der Waals surface area contributed by atoms with Crippen molar-refractivity contribution >= 4 is 5.82 Å². The molecule has 0 aliphatic heterocycles. The van der Waals surface area contributed by atoms with Crippen molar-refractivity contribution in [3.63, 3.8) is 0 Å². The maximum atomic E-state index is 10.1. The zero-order valence-electron chi connectivity index (χ0n) is 13.3. The normalized spacial score (nSPS) is 12.3. The molecule has 0 saturated heterocycles. The molecule has 0 aliphatic carbocycles. The van der Waals surface area contributed by atoms with Crippen molar-refractivity contribution in [1.82, 2.24) is 29.8 Å². The Bertz CT molecular complexity index is 791. The third-order valence-corrected chi connectivity index (χ3v) is 3.46. The molecule has 120 valence electrons. The molecule has 23 heavy (non-hydrogen) atoms. The summed E-state index contributed by atoms with van der Waals surface area (Å²) < 4.78 is 3.40. The number of nitrogens with zero attached hydrogens (tertiary/aromatic N) is 6. The number of anilines is 1. The molecule has 3 aromatic heterocycles. The van der Waals surface area contributed by atoms with Gasteiger partial charge in [-0.05, 0) is 32.0 Å². The summed E-state index contributed by atoms with van der Waals surface area (Å²) in [6.45, 7) is 4.24. The molecule has 0 aliphatic rings. The van der Waals surface area contributed by atoms with E-state index in [0.29, 0.717) is 18.2 Å². The van der Waals surface area contributed by atoms with Crippen molar-refractivity contribution in [1.29, 1.82) is 0 Å². The second-order valence-corrected chi connectivity index (χ2v) is 5.46. The Morgan fingerprint density at radius 3 is 2.65 bits per heavy atom. The smallest absolute Gasteiger partial charge is 0.176 e. The highest BCUT2D eigenvalue weighted by Gasteiger charge is 2.10. The van der Waals surface area contributed by atoms with Gasteiger partial charge in [0.15, 0.2) is 5.82 Å². The molecule has 8 heteroatoms. The highest BCUT2D eigenvalue weighted by atomic mass is 16.3. The van der Waals surface area contributed by atoms with E-state index in [1.54, 1.807) is 21.8 Å². The van der Waals surface area contributed by atoms with E-state index in [4.69, 9.17) is 0 Å². The molecule has 0 radical (unpaired) electrons. The van der Waals surface area contributed by atoms with Crippen LogP contribution in [0.5, 0.6) is 0 Å². The van der Waals surface area contributed by atoms with Crippen LogP contribution < -0.4 is 5.32 Å². The first-order valence-corrected chi connectivity index (χ1v) is 7.31. The minimum absolute atomic E-state index is 0.333. The van der Waals surface area contributed by atoms with Crippen molar-refractivity contribution < 1.29 is 5.11 Å². The number of rotatable bonds is 5. The monoisotopic (exact) mass is 313 g/mol. The Kier molecular flexibility index (Phi) is 4.07. The molecule has 1 unspecified atom stereocenters. The van der Waals surface area contributed by atoms with Crippen molar-refractivity contribution in [2.75, 3.05) is 11.9 Å². The van der Waals surface area contributed by atoms with E-state index in [1.807, 2.05) is 39.1 Å². The number of hydrogen-bond donors (Lipinski definition) is 2. The summed E-state index contributed by atoms with van der Waals surface area (Å²) in [4.78, 5) is 0. The number of aryl methyl sites for hydroxylation is 3. The lowest BCUT2D eigenvalue weighted by molar-refractivity contribution is 0.191.